The highest BCUT2D eigenvalue weighted by Gasteiger charge is 2.13. The van der Waals surface area contributed by atoms with Gasteiger partial charge in [-0.1, -0.05) is 24.3 Å². The summed E-state index contributed by atoms with van der Waals surface area (Å²) in [5.74, 6) is 1.39. The molecule has 1 amide bonds. The minimum atomic E-state index is -0.0188. The van der Waals surface area contributed by atoms with Crippen molar-refractivity contribution in [3.05, 3.63) is 82.6 Å². The van der Waals surface area contributed by atoms with E-state index in [1.807, 2.05) is 67.0 Å². The van der Waals surface area contributed by atoms with E-state index in [1.54, 1.807) is 22.3 Å². The highest BCUT2D eigenvalue weighted by molar-refractivity contribution is 7.07. The normalized spacial score (nSPS) is 10.3. The standard InChI is InChI=1S/C19H17NO2S/c1-20(13-15-10-11-23-14-15)19(21)16-6-5-9-18(12-16)22-17-7-3-2-4-8-17/h2-12,14H,13H2,1H3. The Labute approximate surface area is 139 Å². The van der Waals surface area contributed by atoms with Crippen LogP contribution >= 0.6 is 11.3 Å². The van der Waals surface area contributed by atoms with Gasteiger partial charge in [0.1, 0.15) is 11.5 Å². The third kappa shape index (κ3) is 3.99. The number of hydrogen-bond acceptors (Lipinski definition) is 3. The molecule has 0 fully saturated rings. The van der Waals surface area contributed by atoms with Gasteiger partial charge in [-0.3, -0.25) is 4.79 Å². The molecule has 0 radical (unpaired) electrons. The van der Waals surface area contributed by atoms with E-state index < -0.39 is 0 Å². The molecule has 116 valence electrons. The minimum Gasteiger partial charge on any atom is -0.457 e. The Hall–Kier alpha value is -2.59. The topological polar surface area (TPSA) is 29.5 Å². The van der Waals surface area contributed by atoms with Crippen LogP contribution in [0, 0.1) is 0 Å². The molecular formula is C19H17NO2S. The smallest absolute Gasteiger partial charge is 0.254 e. The molecule has 1 heterocycles. The summed E-state index contributed by atoms with van der Waals surface area (Å²) in [5, 5.41) is 4.07. The molecule has 0 N–H and O–H groups in total. The molecule has 3 aromatic rings. The van der Waals surface area contributed by atoms with Gasteiger partial charge >= 0.3 is 0 Å². The van der Waals surface area contributed by atoms with E-state index in [-0.39, 0.29) is 5.91 Å². The quantitative estimate of drug-likeness (QED) is 0.674. The van der Waals surface area contributed by atoms with Crippen molar-refractivity contribution >= 4 is 17.2 Å². The molecule has 0 saturated carbocycles. The molecule has 3 nitrogen and oxygen atoms in total. The molecule has 0 unspecified atom stereocenters. The molecule has 0 aliphatic heterocycles. The van der Waals surface area contributed by atoms with Crippen LogP contribution in [0.4, 0.5) is 0 Å². The number of carbonyl (C=O) groups excluding carboxylic acids is 1. The van der Waals surface area contributed by atoms with E-state index >= 15 is 0 Å². The van der Waals surface area contributed by atoms with Crippen molar-refractivity contribution in [1.29, 1.82) is 0 Å². The van der Waals surface area contributed by atoms with E-state index in [1.165, 1.54) is 0 Å². The number of ether oxygens (including phenoxy) is 1. The average Bonchev–Trinajstić information content (AvgIpc) is 3.08. The molecule has 1 aromatic heterocycles. The van der Waals surface area contributed by atoms with Gasteiger partial charge in [-0.05, 0) is 52.7 Å². The van der Waals surface area contributed by atoms with Gasteiger partial charge in [-0.2, -0.15) is 11.3 Å². The predicted octanol–water partition coefficient (Wildman–Crippen LogP) is 4.81. The predicted molar refractivity (Wildman–Crippen MR) is 93.1 cm³/mol. The van der Waals surface area contributed by atoms with Gasteiger partial charge in [-0.15, -0.1) is 0 Å². The van der Waals surface area contributed by atoms with Crippen molar-refractivity contribution in [1.82, 2.24) is 4.90 Å². The van der Waals surface area contributed by atoms with E-state index in [2.05, 4.69) is 5.38 Å². The SMILES string of the molecule is CN(Cc1ccsc1)C(=O)c1cccc(Oc2ccccc2)c1. The van der Waals surface area contributed by atoms with Crippen LogP contribution in [0.2, 0.25) is 0 Å². The van der Waals surface area contributed by atoms with Gasteiger partial charge in [-0.25, -0.2) is 0 Å². The lowest BCUT2D eigenvalue weighted by Gasteiger charge is -2.17. The maximum atomic E-state index is 12.5. The fourth-order valence-electron chi connectivity index (χ4n) is 2.27. The molecule has 0 spiro atoms. The van der Waals surface area contributed by atoms with Gasteiger partial charge in [0.15, 0.2) is 0 Å². The van der Waals surface area contributed by atoms with Crippen LogP contribution in [0.3, 0.4) is 0 Å². The lowest BCUT2D eigenvalue weighted by Crippen LogP contribution is -2.25. The van der Waals surface area contributed by atoms with Crippen LogP contribution in [0.1, 0.15) is 15.9 Å². The molecule has 0 aliphatic rings. The first-order valence-electron chi connectivity index (χ1n) is 7.32. The van der Waals surface area contributed by atoms with E-state index in [4.69, 9.17) is 4.74 Å². The second-order valence-electron chi connectivity index (χ2n) is 5.24. The Morgan fingerprint density at radius 1 is 1.04 bits per heavy atom. The number of carbonyl (C=O) groups is 1. The first kappa shape index (κ1) is 15.3. The Bertz CT molecular complexity index is 769. The van der Waals surface area contributed by atoms with Crippen molar-refractivity contribution in [2.45, 2.75) is 6.54 Å². The summed E-state index contributed by atoms with van der Waals surface area (Å²) >= 11 is 1.63. The highest BCUT2D eigenvalue weighted by Crippen LogP contribution is 2.22. The van der Waals surface area contributed by atoms with Crippen molar-refractivity contribution in [3.8, 4) is 11.5 Å². The molecular weight excluding hydrogens is 306 g/mol. The first-order valence-corrected chi connectivity index (χ1v) is 8.26. The first-order chi connectivity index (χ1) is 11.2. The molecule has 3 rings (SSSR count). The summed E-state index contributed by atoms with van der Waals surface area (Å²) < 4.78 is 5.79. The number of benzene rings is 2. The average molecular weight is 323 g/mol. The molecule has 0 aliphatic carbocycles. The van der Waals surface area contributed by atoms with Gasteiger partial charge in [0.25, 0.3) is 5.91 Å². The zero-order chi connectivity index (χ0) is 16.1. The largest absolute Gasteiger partial charge is 0.457 e. The monoisotopic (exact) mass is 323 g/mol. The zero-order valence-electron chi connectivity index (χ0n) is 12.8. The zero-order valence-corrected chi connectivity index (χ0v) is 13.6. The van der Waals surface area contributed by atoms with Crippen molar-refractivity contribution in [2.75, 3.05) is 7.05 Å². The number of nitrogens with zero attached hydrogens (tertiary/aromatic N) is 1. The van der Waals surface area contributed by atoms with Crippen LogP contribution in [0.5, 0.6) is 11.5 Å². The lowest BCUT2D eigenvalue weighted by molar-refractivity contribution is 0.0785. The Balaban J connectivity index is 1.72. The van der Waals surface area contributed by atoms with Gasteiger partial charge < -0.3 is 9.64 Å². The summed E-state index contributed by atoms with van der Waals surface area (Å²) in [6, 6.07) is 18.8. The van der Waals surface area contributed by atoms with E-state index in [9.17, 15) is 4.79 Å². The van der Waals surface area contributed by atoms with Crippen LogP contribution in [0.25, 0.3) is 0 Å². The fraction of sp³-hybridized carbons (Fsp3) is 0.105. The molecule has 0 bridgehead atoms. The van der Waals surface area contributed by atoms with E-state index in [0.717, 1.165) is 11.3 Å². The summed E-state index contributed by atoms with van der Waals surface area (Å²) in [6.45, 7) is 0.603. The Morgan fingerprint density at radius 2 is 1.83 bits per heavy atom. The Kier molecular flexibility index (Phi) is 4.74. The maximum Gasteiger partial charge on any atom is 0.254 e. The number of rotatable bonds is 5. The van der Waals surface area contributed by atoms with Crippen molar-refractivity contribution in [3.63, 3.8) is 0 Å². The second-order valence-corrected chi connectivity index (χ2v) is 6.02. The molecule has 2 aromatic carbocycles. The summed E-state index contributed by atoms with van der Waals surface area (Å²) in [6.07, 6.45) is 0. The minimum absolute atomic E-state index is 0.0188. The van der Waals surface area contributed by atoms with E-state index in [0.29, 0.717) is 17.9 Å². The summed E-state index contributed by atoms with van der Waals surface area (Å²) in [5.41, 5.74) is 1.76. The maximum absolute atomic E-state index is 12.5. The van der Waals surface area contributed by atoms with Crippen LogP contribution in [-0.2, 0) is 6.54 Å². The Morgan fingerprint density at radius 3 is 2.57 bits per heavy atom. The second kappa shape index (κ2) is 7.11. The van der Waals surface area contributed by atoms with Crippen molar-refractivity contribution in [2.24, 2.45) is 0 Å². The summed E-state index contributed by atoms with van der Waals surface area (Å²) in [7, 11) is 1.81. The fourth-order valence-corrected chi connectivity index (χ4v) is 2.93. The number of amides is 1. The lowest BCUT2D eigenvalue weighted by atomic mass is 10.2. The number of hydrogen-bond donors (Lipinski definition) is 0. The number of para-hydroxylation sites is 1. The summed E-state index contributed by atoms with van der Waals surface area (Å²) in [4.78, 5) is 14.3. The molecule has 23 heavy (non-hydrogen) atoms. The third-order valence-electron chi connectivity index (χ3n) is 3.41. The van der Waals surface area contributed by atoms with Crippen LogP contribution in [-0.4, -0.2) is 17.9 Å². The molecule has 0 atom stereocenters. The number of thiophene rings is 1. The van der Waals surface area contributed by atoms with Gasteiger partial charge in [0.2, 0.25) is 0 Å². The highest BCUT2D eigenvalue weighted by atomic mass is 32.1. The molecule has 0 saturated heterocycles. The van der Waals surface area contributed by atoms with Gasteiger partial charge in [0, 0.05) is 19.2 Å². The van der Waals surface area contributed by atoms with Gasteiger partial charge in [0.05, 0.1) is 0 Å². The van der Waals surface area contributed by atoms with Crippen LogP contribution in [0.15, 0.2) is 71.4 Å². The van der Waals surface area contributed by atoms with Crippen molar-refractivity contribution < 1.29 is 9.53 Å². The molecule has 4 heteroatoms. The van der Waals surface area contributed by atoms with Crippen LogP contribution < -0.4 is 4.74 Å². The third-order valence-corrected chi connectivity index (χ3v) is 4.14.